The zero-order valence-electron chi connectivity index (χ0n) is 18.8. The highest BCUT2D eigenvalue weighted by Gasteiger charge is 2.64. The SMILES string of the molecule is Cc1noc(=O)c2ccc(C(=O)C(O)(CC3(c4ccccc4C(F)(F)F)CCC3)C(F)(F)F)c(N)c12. The van der Waals surface area contributed by atoms with Crippen molar-refractivity contribution in [1.29, 1.82) is 0 Å². The predicted octanol–water partition coefficient (Wildman–Crippen LogP) is 5.09. The summed E-state index contributed by atoms with van der Waals surface area (Å²) in [5, 5.41) is 14.1. The Bertz CT molecular complexity index is 1410. The van der Waals surface area contributed by atoms with Gasteiger partial charge in [0.25, 0.3) is 0 Å². The molecule has 192 valence electrons. The molecule has 0 aliphatic heterocycles. The Morgan fingerprint density at radius 1 is 1.11 bits per heavy atom. The third kappa shape index (κ3) is 3.93. The Balaban J connectivity index is 1.87. The van der Waals surface area contributed by atoms with Gasteiger partial charge < -0.3 is 15.4 Å². The van der Waals surface area contributed by atoms with Gasteiger partial charge in [0, 0.05) is 17.4 Å². The minimum atomic E-state index is -5.55. The second kappa shape index (κ2) is 8.32. The van der Waals surface area contributed by atoms with Crippen molar-refractivity contribution in [1.82, 2.24) is 5.16 Å². The number of alkyl halides is 6. The predicted molar refractivity (Wildman–Crippen MR) is 116 cm³/mol. The van der Waals surface area contributed by atoms with Crippen molar-refractivity contribution in [2.45, 2.75) is 56.0 Å². The van der Waals surface area contributed by atoms with Gasteiger partial charge in [-0.05, 0) is 48.9 Å². The number of fused-ring (bicyclic) bond motifs is 1. The van der Waals surface area contributed by atoms with Crippen molar-refractivity contribution < 1.29 is 40.8 Å². The molecule has 1 fully saturated rings. The molecule has 0 radical (unpaired) electrons. The highest BCUT2D eigenvalue weighted by Crippen LogP contribution is 2.55. The number of aryl methyl sites for hydroxylation is 1. The summed E-state index contributed by atoms with van der Waals surface area (Å²) >= 11 is 0. The molecule has 1 aliphatic carbocycles. The van der Waals surface area contributed by atoms with Crippen LogP contribution in [0.2, 0.25) is 0 Å². The van der Waals surface area contributed by atoms with E-state index in [4.69, 9.17) is 5.73 Å². The van der Waals surface area contributed by atoms with Crippen molar-refractivity contribution >= 4 is 22.2 Å². The van der Waals surface area contributed by atoms with Gasteiger partial charge in [-0.25, -0.2) is 4.79 Å². The highest BCUT2D eigenvalue weighted by molar-refractivity contribution is 6.12. The number of hydrogen-bond acceptors (Lipinski definition) is 6. The summed E-state index contributed by atoms with van der Waals surface area (Å²) in [6.45, 7) is 1.35. The number of aromatic nitrogens is 1. The topological polar surface area (TPSA) is 106 Å². The highest BCUT2D eigenvalue weighted by atomic mass is 19.4. The fourth-order valence-corrected chi connectivity index (χ4v) is 4.94. The number of aliphatic hydroxyl groups is 1. The Morgan fingerprint density at radius 3 is 2.31 bits per heavy atom. The number of nitrogen functional groups attached to an aromatic ring is 1. The van der Waals surface area contributed by atoms with E-state index in [0.717, 1.165) is 30.3 Å². The number of nitrogens with zero attached hydrogens (tertiary/aromatic N) is 1. The van der Waals surface area contributed by atoms with Crippen molar-refractivity contribution in [3.8, 4) is 0 Å². The van der Waals surface area contributed by atoms with Crippen LogP contribution in [0.1, 0.15) is 52.9 Å². The number of carbonyl (C=O) groups is 1. The molecule has 0 spiro atoms. The first-order chi connectivity index (χ1) is 16.6. The molecule has 1 saturated carbocycles. The van der Waals surface area contributed by atoms with Crippen LogP contribution in [0.15, 0.2) is 45.7 Å². The molecule has 12 heteroatoms. The van der Waals surface area contributed by atoms with Crippen LogP contribution in [0.5, 0.6) is 0 Å². The number of hydrogen-bond donors (Lipinski definition) is 2. The molecular formula is C24H20F6N2O4. The van der Waals surface area contributed by atoms with E-state index in [2.05, 4.69) is 9.68 Å². The van der Waals surface area contributed by atoms with Gasteiger partial charge in [-0.2, -0.15) is 26.3 Å². The molecule has 3 aromatic rings. The first kappa shape index (κ1) is 25.7. The molecule has 36 heavy (non-hydrogen) atoms. The Labute approximate surface area is 199 Å². The number of rotatable bonds is 5. The summed E-state index contributed by atoms with van der Waals surface area (Å²) in [5.41, 5.74) is -3.58. The Hall–Kier alpha value is -3.41. The second-order valence-corrected chi connectivity index (χ2v) is 9.05. The van der Waals surface area contributed by atoms with Crippen LogP contribution in [0.4, 0.5) is 32.0 Å². The van der Waals surface area contributed by atoms with Crippen LogP contribution in [0.3, 0.4) is 0 Å². The number of Topliss-reactive ketones (excluding diaryl/α,β-unsaturated/α-hetero) is 1. The number of ketones is 1. The monoisotopic (exact) mass is 514 g/mol. The van der Waals surface area contributed by atoms with E-state index >= 15 is 0 Å². The van der Waals surface area contributed by atoms with Gasteiger partial charge in [0.15, 0.2) is 0 Å². The lowest BCUT2D eigenvalue weighted by atomic mass is 9.58. The minimum Gasteiger partial charge on any atom is -0.398 e. The molecule has 1 unspecified atom stereocenters. The van der Waals surface area contributed by atoms with Crippen molar-refractivity contribution in [2.24, 2.45) is 0 Å². The van der Waals surface area contributed by atoms with Crippen LogP contribution in [0, 0.1) is 6.92 Å². The van der Waals surface area contributed by atoms with E-state index in [1.54, 1.807) is 0 Å². The first-order valence-electron chi connectivity index (χ1n) is 10.8. The van der Waals surface area contributed by atoms with Gasteiger partial charge in [-0.15, -0.1) is 0 Å². The maximum atomic E-state index is 14.4. The smallest absolute Gasteiger partial charge is 0.398 e. The zero-order chi connectivity index (χ0) is 26.7. The van der Waals surface area contributed by atoms with Crippen molar-refractivity contribution in [2.75, 3.05) is 5.73 Å². The summed E-state index contributed by atoms with van der Waals surface area (Å²) in [6, 6.07) is 6.08. The number of anilines is 1. The van der Waals surface area contributed by atoms with Crippen LogP contribution in [-0.2, 0) is 11.6 Å². The van der Waals surface area contributed by atoms with Gasteiger partial charge in [0.2, 0.25) is 11.4 Å². The lowest BCUT2D eigenvalue weighted by Crippen LogP contribution is -2.57. The van der Waals surface area contributed by atoms with Gasteiger partial charge in [-0.3, -0.25) is 4.79 Å². The fourth-order valence-electron chi connectivity index (χ4n) is 4.94. The van der Waals surface area contributed by atoms with E-state index in [-0.39, 0.29) is 29.3 Å². The minimum absolute atomic E-state index is 0.0156. The maximum absolute atomic E-state index is 14.4. The molecular weight excluding hydrogens is 494 g/mol. The summed E-state index contributed by atoms with van der Waals surface area (Å²) in [7, 11) is 0. The van der Waals surface area contributed by atoms with Crippen LogP contribution < -0.4 is 11.4 Å². The van der Waals surface area contributed by atoms with Gasteiger partial charge in [0.1, 0.15) is 0 Å². The molecule has 4 rings (SSSR count). The molecule has 0 saturated heterocycles. The van der Waals surface area contributed by atoms with Crippen molar-refractivity contribution in [3.63, 3.8) is 0 Å². The number of carbonyl (C=O) groups excluding carboxylic acids is 1. The molecule has 0 bridgehead atoms. The molecule has 6 nitrogen and oxygen atoms in total. The average molecular weight is 514 g/mol. The van der Waals surface area contributed by atoms with E-state index < -0.39 is 63.6 Å². The van der Waals surface area contributed by atoms with E-state index in [1.807, 2.05) is 0 Å². The lowest BCUT2D eigenvalue weighted by Gasteiger charge is -2.48. The van der Waals surface area contributed by atoms with Crippen LogP contribution >= 0.6 is 0 Å². The van der Waals surface area contributed by atoms with Crippen molar-refractivity contribution in [3.05, 3.63) is 69.2 Å². The molecule has 2 aromatic carbocycles. The van der Waals surface area contributed by atoms with E-state index in [9.17, 15) is 41.0 Å². The summed E-state index contributed by atoms with van der Waals surface area (Å²) in [4.78, 5) is 25.2. The third-order valence-electron chi connectivity index (χ3n) is 6.89. The molecule has 3 N–H and O–H groups in total. The lowest BCUT2D eigenvalue weighted by molar-refractivity contribution is -0.246. The summed E-state index contributed by atoms with van der Waals surface area (Å²) in [6.07, 6.45) is -11.6. The molecule has 1 aromatic heterocycles. The largest absolute Gasteiger partial charge is 0.424 e. The molecule has 1 atom stereocenters. The van der Waals surface area contributed by atoms with Crippen LogP contribution in [-0.4, -0.2) is 27.8 Å². The van der Waals surface area contributed by atoms with Gasteiger partial charge in [-0.1, -0.05) is 29.8 Å². The second-order valence-electron chi connectivity index (χ2n) is 9.05. The fraction of sp³-hybridized carbons (Fsp3) is 0.375. The summed E-state index contributed by atoms with van der Waals surface area (Å²) < 4.78 is 88.7. The summed E-state index contributed by atoms with van der Waals surface area (Å²) in [5.74, 6) is -1.84. The Kier molecular flexibility index (Phi) is 5.94. The normalized spacial score (nSPS) is 17.4. The number of nitrogens with two attached hydrogens (primary N) is 1. The maximum Gasteiger partial charge on any atom is 0.424 e. The number of halogens is 6. The van der Waals surface area contributed by atoms with E-state index in [0.29, 0.717) is 6.42 Å². The number of benzene rings is 2. The average Bonchev–Trinajstić information content (AvgIpc) is 2.77. The van der Waals surface area contributed by atoms with Gasteiger partial charge in [0.05, 0.1) is 22.3 Å². The molecule has 1 heterocycles. The molecule has 0 amide bonds. The zero-order valence-corrected chi connectivity index (χ0v) is 18.8. The standard InChI is InChI=1S/C24H20F6N2O4/c1-12-17-13(20(34)36-32-12)7-8-14(18(17)31)19(33)22(35,24(28,29)30)11-21(9-4-10-21)15-5-2-3-6-16(15)23(25,26)27/h2-3,5-8,35H,4,9-11,31H2,1H3. The first-order valence-corrected chi connectivity index (χ1v) is 10.8. The Morgan fingerprint density at radius 2 is 1.75 bits per heavy atom. The molecule has 1 aliphatic rings. The quantitative estimate of drug-likeness (QED) is 0.279. The third-order valence-corrected chi connectivity index (χ3v) is 6.89. The van der Waals surface area contributed by atoms with Gasteiger partial charge >= 0.3 is 18.0 Å². The van der Waals surface area contributed by atoms with E-state index in [1.165, 1.54) is 13.0 Å². The van der Waals surface area contributed by atoms with Crippen LogP contribution in [0.25, 0.3) is 10.8 Å².